The number of anilines is 2. The van der Waals surface area contributed by atoms with Gasteiger partial charge in [-0.1, -0.05) is 13.8 Å². The van der Waals surface area contributed by atoms with Gasteiger partial charge in [0.2, 0.25) is 0 Å². The Balaban J connectivity index is 2.42. The lowest BCUT2D eigenvalue weighted by Crippen LogP contribution is -2.10. The number of aromatic nitrogens is 2. The van der Waals surface area contributed by atoms with Gasteiger partial charge in [-0.3, -0.25) is 4.68 Å². The molecule has 1 aromatic heterocycles. The fraction of sp³-hybridized carbons (Fsp3) is 0.750. The standard InChI is InChI=1S/C12H24N4OS/c1-9(2)11-10(13)12(16(3)15-11)14-5-8-18-7-4-6-17/h9,14,17H,4-8,13H2,1-3H3. The minimum Gasteiger partial charge on any atom is -0.396 e. The number of nitrogens with two attached hydrogens (primary N) is 1. The van der Waals surface area contributed by atoms with Crippen LogP contribution in [0.1, 0.15) is 31.9 Å². The normalized spacial score (nSPS) is 11.2. The summed E-state index contributed by atoms with van der Waals surface area (Å²) in [5.74, 6) is 3.24. The van der Waals surface area contributed by atoms with E-state index in [0.29, 0.717) is 5.92 Å². The summed E-state index contributed by atoms with van der Waals surface area (Å²) in [6.45, 7) is 5.31. The molecule has 0 aliphatic rings. The van der Waals surface area contributed by atoms with Gasteiger partial charge in [0.15, 0.2) is 0 Å². The highest BCUT2D eigenvalue weighted by Crippen LogP contribution is 2.27. The molecule has 104 valence electrons. The van der Waals surface area contributed by atoms with Gasteiger partial charge in [0.25, 0.3) is 0 Å². The number of nitrogen functional groups attached to an aromatic ring is 1. The molecule has 1 aromatic rings. The van der Waals surface area contributed by atoms with E-state index in [0.717, 1.165) is 41.7 Å². The first-order valence-electron chi connectivity index (χ1n) is 6.32. The van der Waals surface area contributed by atoms with Crippen molar-refractivity contribution in [2.24, 2.45) is 7.05 Å². The molecule has 5 nitrogen and oxygen atoms in total. The summed E-state index contributed by atoms with van der Waals surface area (Å²) < 4.78 is 1.81. The van der Waals surface area contributed by atoms with E-state index in [1.54, 1.807) is 0 Å². The van der Waals surface area contributed by atoms with Crippen LogP contribution in [0.3, 0.4) is 0 Å². The molecule has 0 fully saturated rings. The number of nitrogens with one attached hydrogen (secondary N) is 1. The fourth-order valence-electron chi connectivity index (χ4n) is 1.71. The van der Waals surface area contributed by atoms with Crippen molar-refractivity contribution >= 4 is 23.3 Å². The van der Waals surface area contributed by atoms with Crippen molar-refractivity contribution in [1.82, 2.24) is 9.78 Å². The van der Waals surface area contributed by atoms with Gasteiger partial charge < -0.3 is 16.2 Å². The van der Waals surface area contributed by atoms with Crippen LogP contribution >= 0.6 is 11.8 Å². The highest BCUT2D eigenvalue weighted by atomic mass is 32.2. The number of hydrogen-bond donors (Lipinski definition) is 3. The zero-order chi connectivity index (χ0) is 13.5. The molecular weight excluding hydrogens is 248 g/mol. The van der Waals surface area contributed by atoms with Gasteiger partial charge in [-0.05, 0) is 18.1 Å². The molecule has 0 amide bonds. The highest BCUT2D eigenvalue weighted by molar-refractivity contribution is 7.99. The Bertz CT molecular complexity index is 365. The summed E-state index contributed by atoms with van der Waals surface area (Å²) in [6.07, 6.45) is 0.857. The zero-order valence-corrected chi connectivity index (χ0v) is 12.3. The van der Waals surface area contributed by atoms with Crippen molar-refractivity contribution in [2.75, 3.05) is 35.7 Å². The molecule has 0 saturated carbocycles. The van der Waals surface area contributed by atoms with Crippen LogP contribution in [-0.2, 0) is 7.05 Å². The predicted molar refractivity (Wildman–Crippen MR) is 79.2 cm³/mol. The smallest absolute Gasteiger partial charge is 0.147 e. The molecule has 0 spiro atoms. The molecular formula is C12H24N4OS. The van der Waals surface area contributed by atoms with Crippen LogP contribution in [0.5, 0.6) is 0 Å². The molecule has 0 bridgehead atoms. The molecule has 0 radical (unpaired) electrons. The van der Waals surface area contributed by atoms with E-state index in [4.69, 9.17) is 10.8 Å². The van der Waals surface area contributed by atoms with E-state index in [2.05, 4.69) is 24.3 Å². The van der Waals surface area contributed by atoms with Gasteiger partial charge in [-0.25, -0.2) is 0 Å². The fourth-order valence-corrected chi connectivity index (χ4v) is 2.49. The summed E-state index contributed by atoms with van der Waals surface area (Å²) in [5, 5.41) is 16.4. The van der Waals surface area contributed by atoms with E-state index in [9.17, 15) is 0 Å². The van der Waals surface area contributed by atoms with Crippen LogP contribution in [0.4, 0.5) is 11.5 Å². The van der Waals surface area contributed by atoms with Crippen molar-refractivity contribution in [3.63, 3.8) is 0 Å². The first-order valence-corrected chi connectivity index (χ1v) is 7.48. The molecule has 0 unspecified atom stereocenters. The van der Waals surface area contributed by atoms with Crippen LogP contribution in [0.2, 0.25) is 0 Å². The molecule has 6 heteroatoms. The Morgan fingerprint density at radius 2 is 2.17 bits per heavy atom. The Hall–Kier alpha value is -0.880. The number of hydrogen-bond acceptors (Lipinski definition) is 5. The van der Waals surface area contributed by atoms with E-state index in [-0.39, 0.29) is 6.61 Å². The average molecular weight is 272 g/mol. The number of aliphatic hydroxyl groups is 1. The average Bonchev–Trinajstić information content (AvgIpc) is 2.60. The Labute approximate surface area is 113 Å². The lowest BCUT2D eigenvalue weighted by molar-refractivity contribution is 0.296. The van der Waals surface area contributed by atoms with E-state index < -0.39 is 0 Å². The number of aryl methyl sites for hydroxylation is 1. The third kappa shape index (κ3) is 4.10. The predicted octanol–water partition coefficient (Wildman–Crippen LogP) is 1.65. The summed E-state index contributed by atoms with van der Waals surface area (Å²) in [4.78, 5) is 0. The second-order valence-corrected chi connectivity index (χ2v) is 5.77. The molecule has 0 aliphatic heterocycles. The summed E-state index contributed by atoms with van der Waals surface area (Å²) in [7, 11) is 1.91. The van der Waals surface area contributed by atoms with Gasteiger partial charge in [-0.2, -0.15) is 16.9 Å². The maximum Gasteiger partial charge on any atom is 0.147 e. The Morgan fingerprint density at radius 1 is 1.44 bits per heavy atom. The van der Waals surface area contributed by atoms with Gasteiger partial charge in [0.1, 0.15) is 5.82 Å². The van der Waals surface area contributed by atoms with Gasteiger partial charge in [0.05, 0.1) is 11.4 Å². The molecule has 1 rings (SSSR count). The molecule has 0 aliphatic carbocycles. The second-order valence-electron chi connectivity index (χ2n) is 4.54. The van der Waals surface area contributed by atoms with E-state index in [1.807, 2.05) is 23.5 Å². The van der Waals surface area contributed by atoms with Crippen molar-refractivity contribution in [1.29, 1.82) is 0 Å². The second kappa shape index (κ2) is 7.53. The first-order chi connectivity index (χ1) is 8.57. The lowest BCUT2D eigenvalue weighted by Gasteiger charge is -2.07. The lowest BCUT2D eigenvalue weighted by atomic mass is 10.1. The van der Waals surface area contributed by atoms with Crippen LogP contribution < -0.4 is 11.1 Å². The number of rotatable bonds is 8. The Morgan fingerprint density at radius 3 is 2.72 bits per heavy atom. The van der Waals surface area contributed by atoms with E-state index in [1.165, 1.54) is 0 Å². The van der Waals surface area contributed by atoms with Crippen molar-refractivity contribution in [3.8, 4) is 0 Å². The first kappa shape index (κ1) is 15.2. The van der Waals surface area contributed by atoms with Crippen molar-refractivity contribution in [2.45, 2.75) is 26.2 Å². The maximum atomic E-state index is 8.67. The number of thioether (sulfide) groups is 1. The van der Waals surface area contributed by atoms with Gasteiger partial charge >= 0.3 is 0 Å². The largest absolute Gasteiger partial charge is 0.396 e. The summed E-state index contributed by atoms with van der Waals surface area (Å²) in [5.41, 5.74) is 7.79. The van der Waals surface area contributed by atoms with E-state index >= 15 is 0 Å². The number of nitrogens with zero attached hydrogens (tertiary/aromatic N) is 2. The minimum atomic E-state index is 0.271. The topological polar surface area (TPSA) is 76.1 Å². The van der Waals surface area contributed by atoms with Crippen LogP contribution in [0.25, 0.3) is 0 Å². The SMILES string of the molecule is CC(C)c1nn(C)c(NCCSCCCO)c1N. The summed E-state index contributed by atoms with van der Waals surface area (Å²) >= 11 is 1.83. The maximum absolute atomic E-state index is 8.67. The van der Waals surface area contributed by atoms with Gasteiger partial charge in [-0.15, -0.1) is 0 Å². The molecule has 18 heavy (non-hydrogen) atoms. The third-order valence-corrected chi connectivity index (χ3v) is 3.72. The minimum absolute atomic E-state index is 0.271. The quantitative estimate of drug-likeness (QED) is 0.627. The molecule has 0 atom stereocenters. The van der Waals surface area contributed by atoms with Gasteiger partial charge in [0, 0.05) is 26.0 Å². The van der Waals surface area contributed by atoms with Crippen LogP contribution in [0.15, 0.2) is 0 Å². The highest BCUT2D eigenvalue weighted by Gasteiger charge is 2.15. The zero-order valence-electron chi connectivity index (χ0n) is 11.4. The molecule has 4 N–H and O–H groups in total. The van der Waals surface area contributed by atoms with Crippen molar-refractivity contribution < 1.29 is 5.11 Å². The molecule has 1 heterocycles. The van der Waals surface area contributed by atoms with Crippen molar-refractivity contribution in [3.05, 3.63) is 5.69 Å². The van der Waals surface area contributed by atoms with Crippen LogP contribution in [0, 0.1) is 0 Å². The third-order valence-electron chi connectivity index (χ3n) is 2.64. The monoisotopic (exact) mass is 272 g/mol. The Kier molecular flexibility index (Phi) is 6.35. The van der Waals surface area contributed by atoms with Crippen LogP contribution in [-0.4, -0.2) is 39.5 Å². The summed E-state index contributed by atoms with van der Waals surface area (Å²) in [6, 6.07) is 0. The molecule has 0 saturated heterocycles. The molecule has 0 aromatic carbocycles. The number of aliphatic hydroxyl groups excluding tert-OH is 1.